The number of carbonyl (C=O) groups excluding carboxylic acids is 1. The van der Waals surface area contributed by atoms with Gasteiger partial charge in [-0.2, -0.15) is 5.10 Å². The second-order valence-corrected chi connectivity index (χ2v) is 6.50. The van der Waals surface area contributed by atoms with E-state index < -0.39 is 0 Å². The van der Waals surface area contributed by atoms with Crippen LogP contribution >= 0.6 is 0 Å². The van der Waals surface area contributed by atoms with Crippen molar-refractivity contribution in [1.29, 1.82) is 0 Å². The molecule has 5 nitrogen and oxygen atoms in total. The molecule has 0 aliphatic heterocycles. The molecular formula is C19H24FN3O2. The maximum Gasteiger partial charge on any atom is 0.220 e. The highest BCUT2D eigenvalue weighted by Crippen LogP contribution is 2.21. The van der Waals surface area contributed by atoms with Crippen LogP contribution in [0.2, 0.25) is 0 Å². The average molecular weight is 345 g/mol. The Hall–Kier alpha value is -2.37. The lowest BCUT2D eigenvalue weighted by Crippen LogP contribution is -2.36. The first-order valence-electron chi connectivity index (χ1n) is 8.94. The Kier molecular flexibility index (Phi) is 6.04. The maximum atomic E-state index is 12.9. The third-order valence-corrected chi connectivity index (χ3v) is 4.42. The number of benzene rings is 1. The number of hydrogen-bond donors (Lipinski definition) is 1. The number of nitrogens with zero attached hydrogens (tertiary/aromatic N) is 2. The number of ether oxygens (including phenoxy) is 1. The maximum absolute atomic E-state index is 12.9. The molecule has 1 heterocycles. The van der Waals surface area contributed by atoms with E-state index in [-0.39, 0.29) is 11.7 Å². The zero-order chi connectivity index (χ0) is 17.5. The lowest BCUT2D eigenvalue weighted by molar-refractivity contribution is -0.122. The molecule has 0 atom stereocenters. The fourth-order valence-corrected chi connectivity index (χ4v) is 3.11. The van der Waals surface area contributed by atoms with Crippen molar-refractivity contribution in [1.82, 2.24) is 15.1 Å². The number of halogens is 1. The predicted molar refractivity (Wildman–Crippen MR) is 93.0 cm³/mol. The van der Waals surface area contributed by atoms with E-state index in [1.54, 1.807) is 29.2 Å². The van der Waals surface area contributed by atoms with Gasteiger partial charge in [0, 0.05) is 19.0 Å². The standard InChI is InChI=1S/C19H24FN3O2/c20-15-8-10-17(11-9-15)25-18-13-21-23(14-18)12-4-7-19(24)22-16-5-2-1-3-6-16/h8-11,13-14,16H,1-7,12H2,(H,22,24). The minimum Gasteiger partial charge on any atom is -0.454 e. The topological polar surface area (TPSA) is 56.2 Å². The molecule has 0 saturated heterocycles. The Labute approximate surface area is 147 Å². The first-order valence-corrected chi connectivity index (χ1v) is 8.94. The Morgan fingerprint density at radius 1 is 1.20 bits per heavy atom. The van der Waals surface area contributed by atoms with Gasteiger partial charge in [0.15, 0.2) is 5.75 Å². The molecule has 1 fully saturated rings. The van der Waals surface area contributed by atoms with Gasteiger partial charge in [0.2, 0.25) is 5.91 Å². The van der Waals surface area contributed by atoms with Crippen molar-refractivity contribution in [2.75, 3.05) is 0 Å². The fourth-order valence-electron chi connectivity index (χ4n) is 3.11. The number of rotatable bonds is 7. The SMILES string of the molecule is O=C(CCCn1cc(Oc2ccc(F)cc2)cn1)NC1CCCCC1. The van der Waals surface area contributed by atoms with E-state index in [1.807, 2.05) is 0 Å². The molecule has 6 heteroatoms. The molecule has 0 unspecified atom stereocenters. The van der Waals surface area contributed by atoms with E-state index in [0.717, 1.165) is 19.3 Å². The van der Waals surface area contributed by atoms with Crippen LogP contribution in [0.1, 0.15) is 44.9 Å². The summed E-state index contributed by atoms with van der Waals surface area (Å²) in [5, 5.41) is 7.35. The van der Waals surface area contributed by atoms with Crippen LogP contribution in [-0.2, 0) is 11.3 Å². The van der Waals surface area contributed by atoms with Gasteiger partial charge in [0.25, 0.3) is 0 Å². The summed E-state index contributed by atoms with van der Waals surface area (Å²) >= 11 is 0. The molecule has 1 amide bonds. The molecule has 1 saturated carbocycles. The largest absolute Gasteiger partial charge is 0.454 e. The van der Waals surface area contributed by atoms with E-state index in [0.29, 0.717) is 30.5 Å². The predicted octanol–water partition coefficient (Wildman–Crippen LogP) is 4.04. The molecule has 0 spiro atoms. The summed E-state index contributed by atoms with van der Waals surface area (Å²) in [6.07, 6.45) is 10.6. The van der Waals surface area contributed by atoms with E-state index in [4.69, 9.17) is 4.74 Å². The second kappa shape index (κ2) is 8.65. The quantitative estimate of drug-likeness (QED) is 0.824. The van der Waals surface area contributed by atoms with Gasteiger partial charge in [-0.25, -0.2) is 4.39 Å². The normalized spacial score (nSPS) is 15.1. The smallest absolute Gasteiger partial charge is 0.220 e. The van der Waals surface area contributed by atoms with Gasteiger partial charge in [-0.15, -0.1) is 0 Å². The molecule has 1 aliphatic carbocycles. The van der Waals surface area contributed by atoms with Gasteiger partial charge in [0.1, 0.15) is 11.6 Å². The summed E-state index contributed by atoms with van der Waals surface area (Å²) in [5.41, 5.74) is 0. The van der Waals surface area contributed by atoms with Crippen LogP contribution in [0.4, 0.5) is 4.39 Å². The Balaban J connectivity index is 1.39. The van der Waals surface area contributed by atoms with Gasteiger partial charge in [-0.1, -0.05) is 19.3 Å². The Morgan fingerprint density at radius 3 is 2.72 bits per heavy atom. The monoisotopic (exact) mass is 345 g/mol. The number of nitrogens with one attached hydrogen (secondary N) is 1. The zero-order valence-electron chi connectivity index (χ0n) is 14.3. The fraction of sp³-hybridized carbons (Fsp3) is 0.474. The van der Waals surface area contributed by atoms with Crippen molar-refractivity contribution in [2.24, 2.45) is 0 Å². The van der Waals surface area contributed by atoms with Crippen molar-refractivity contribution in [3.05, 3.63) is 42.5 Å². The minimum absolute atomic E-state index is 0.127. The van der Waals surface area contributed by atoms with Crippen LogP contribution in [0.25, 0.3) is 0 Å². The molecule has 0 radical (unpaired) electrons. The van der Waals surface area contributed by atoms with Crippen molar-refractivity contribution in [2.45, 2.75) is 57.5 Å². The van der Waals surface area contributed by atoms with Crippen molar-refractivity contribution >= 4 is 5.91 Å². The van der Waals surface area contributed by atoms with E-state index in [9.17, 15) is 9.18 Å². The van der Waals surface area contributed by atoms with Gasteiger partial charge in [-0.05, 0) is 43.5 Å². The zero-order valence-corrected chi connectivity index (χ0v) is 14.3. The molecule has 1 N–H and O–H groups in total. The highest BCUT2D eigenvalue weighted by Gasteiger charge is 2.15. The van der Waals surface area contributed by atoms with Crippen LogP contribution < -0.4 is 10.1 Å². The number of amides is 1. The lowest BCUT2D eigenvalue weighted by atomic mass is 9.95. The van der Waals surface area contributed by atoms with Crippen LogP contribution in [0.5, 0.6) is 11.5 Å². The number of aromatic nitrogens is 2. The highest BCUT2D eigenvalue weighted by atomic mass is 19.1. The summed E-state index contributed by atoms with van der Waals surface area (Å²) in [4.78, 5) is 12.0. The molecular weight excluding hydrogens is 321 g/mol. The lowest BCUT2D eigenvalue weighted by Gasteiger charge is -2.22. The molecule has 0 bridgehead atoms. The third kappa shape index (κ3) is 5.59. The van der Waals surface area contributed by atoms with Gasteiger partial charge in [0.05, 0.1) is 12.4 Å². The Bertz CT molecular complexity index is 678. The van der Waals surface area contributed by atoms with Crippen LogP contribution in [0.15, 0.2) is 36.7 Å². The summed E-state index contributed by atoms with van der Waals surface area (Å²) < 4.78 is 20.2. The van der Waals surface area contributed by atoms with Crippen molar-refractivity contribution < 1.29 is 13.9 Å². The molecule has 2 aromatic rings. The van der Waals surface area contributed by atoms with Crippen LogP contribution in [0.3, 0.4) is 0 Å². The number of aryl methyl sites for hydroxylation is 1. The number of hydrogen-bond acceptors (Lipinski definition) is 3. The van der Waals surface area contributed by atoms with Crippen LogP contribution in [-0.4, -0.2) is 21.7 Å². The number of carbonyl (C=O) groups is 1. The summed E-state index contributed by atoms with van der Waals surface area (Å²) in [6, 6.07) is 6.21. The first kappa shape index (κ1) is 17.5. The van der Waals surface area contributed by atoms with E-state index in [1.165, 1.54) is 31.4 Å². The average Bonchev–Trinajstić information content (AvgIpc) is 3.05. The molecule has 25 heavy (non-hydrogen) atoms. The van der Waals surface area contributed by atoms with Crippen molar-refractivity contribution in [3.8, 4) is 11.5 Å². The minimum atomic E-state index is -0.297. The van der Waals surface area contributed by atoms with E-state index in [2.05, 4.69) is 10.4 Å². The summed E-state index contributed by atoms with van der Waals surface area (Å²) in [5.74, 6) is 0.988. The van der Waals surface area contributed by atoms with Gasteiger partial charge in [-0.3, -0.25) is 9.48 Å². The van der Waals surface area contributed by atoms with Gasteiger partial charge < -0.3 is 10.1 Å². The molecule has 3 rings (SSSR count). The third-order valence-electron chi connectivity index (χ3n) is 4.42. The van der Waals surface area contributed by atoms with E-state index >= 15 is 0 Å². The molecule has 134 valence electrons. The Morgan fingerprint density at radius 2 is 1.96 bits per heavy atom. The van der Waals surface area contributed by atoms with Crippen LogP contribution in [0, 0.1) is 5.82 Å². The molecule has 1 aromatic carbocycles. The molecule has 1 aliphatic rings. The first-order chi connectivity index (χ1) is 12.2. The highest BCUT2D eigenvalue weighted by molar-refractivity contribution is 5.76. The second-order valence-electron chi connectivity index (χ2n) is 6.50. The van der Waals surface area contributed by atoms with Gasteiger partial charge >= 0.3 is 0 Å². The van der Waals surface area contributed by atoms with Crippen molar-refractivity contribution in [3.63, 3.8) is 0 Å². The molecule has 1 aromatic heterocycles. The summed E-state index contributed by atoms with van der Waals surface area (Å²) in [6.45, 7) is 0.658. The summed E-state index contributed by atoms with van der Waals surface area (Å²) in [7, 11) is 0.